The van der Waals surface area contributed by atoms with Gasteiger partial charge in [0.05, 0.1) is 5.92 Å². The van der Waals surface area contributed by atoms with Gasteiger partial charge in [-0.2, -0.15) is 0 Å². The number of ether oxygens (including phenoxy) is 1. The number of rotatable bonds is 4. The minimum Gasteiger partial charge on any atom is -0.462 e. The van der Waals surface area contributed by atoms with Gasteiger partial charge in [-0.15, -0.1) is 0 Å². The molecule has 19 heavy (non-hydrogen) atoms. The highest BCUT2D eigenvalue weighted by atomic mass is 16.5. The Morgan fingerprint density at radius 2 is 2.11 bits per heavy atom. The van der Waals surface area contributed by atoms with Gasteiger partial charge in [0.2, 0.25) is 0 Å². The lowest BCUT2D eigenvalue weighted by molar-refractivity contribution is -0.156. The van der Waals surface area contributed by atoms with Crippen molar-refractivity contribution in [3.63, 3.8) is 0 Å². The third kappa shape index (κ3) is 3.79. The van der Waals surface area contributed by atoms with Crippen LogP contribution in [0.15, 0.2) is 23.8 Å². The Labute approximate surface area is 114 Å². The van der Waals surface area contributed by atoms with Crippen molar-refractivity contribution in [2.24, 2.45) is 11.8 Å². The van der Waals surface area contributed by atoms with Crippen LogP contribution in [0.3, 0.4) is 0 Å². The Balaban J connectivity index is 1.84. The van der Waals surface area contributed by atoms with E-state index in [1.807, 2.05) is 19.1 Å². The lowest BCUT2D eigenvalue weighted by Crippen LogP contribution is -2.28. The molecule has 3 nitrogen and oxygen atoms in total. The minimum absolute atomic E-state index is 0.0931. The van der Waals surface area contributed by atoms with Gasteiger partial charge >= 0.3 is 5.97 Å². The van der Waals surface area contributed by atoms with Crippen molar-refractivity contribution in [1.29, 1.82) is 0 Å². The fourth-order valence-corrected chi connectivity index (χ4v) is 2.74. The van der Waals surface area contributed by atoms with Gasteiger partial charge in [0.25, 0.3) is 0 Å². The van der Waals surface area contributed by atoms with E-state index in [-0.39, 0.29) is 23.9 Å². The van der Waals surface area contributed by atoms with Gasteiger partial charge in [-0.1, -0.05) is 31.6 Å². The standard InChI is InChI=1S/C16H22O3/c1-12(14-9-7-13(11-17)8-10-14)16(18)19-15-5-3-2-4-6-15/h7-9,11-12,14-15H,2-6,10H2,1H3. The Morgan fingerprint density at radius 1 is 1.37 bits per heavy atom. The van der Waals surface area contributed by atoms with Crippen molar-refractivity contribution in [2.75, 3.05) is 0 Å². The Hall–Kier alpha value is -1.38. The molecule has 0 aromatic carbocycles. The Bertz CT molecular complexity index is 389. The van der Waals surface area contributed by atoms with Gasteiger partial charge in [-0.05, 0) is 38.0 Å². The molecule has 1 saturated carbocycles. The maximum absolute atomic E-state index is 12.1. The molecule has 3 heteroatoms. The summed E-state index contributed by atoms with van der Waals surface area (Å²) in [5.74, 6) is -0.0769. The summed E-state index contributed by atoms with van der Waals surface area (Å²) in [4.78, 5) is 22.7. The first-order chi connectivity index (χ1) is 9.20. The van der Waals surface area contributed by atoms with Gasteiger partial charge in [0, 0.05) is 5.57 Å². The monoisotopic (exact) mass is 262 g/mol. The van der Waals surface area contributed by atoms with Crippen LogP contribution in [0, 0.1) is 11.8 Å². The molecule has 2 atom stereocenters. The molecule has 0 amide bonds. The minimum atomic E-state index is -0.136. The molecule has 0 aromatic rings. The predicted molar refractivity (Wildman–Crippen MR) is 73.5 cm³/mol. The molecular formula is C16H22O3. The van der Waals surface area contributed by atoms with Crippen LogP contribution in [-0.4, -0.2) is 18.4 Å². The van der Waals surface area contributed by atoms with Crippen LogP contribution in [0.1, 0.15) is 45.4 Å². The fourth-order valence-electron chi connectivity index (χ4n) is 2.74. The fraction of sp³-hybridized carbons (Fsp3) is 0.625. The predicted octanol–water partition coefficient (Wildman–Crippen LogP) is 3.20. The zero-order valence-corrected chi connectivity index (χ0v) is 11.5. The van der Waals surface area contributed by atoms with Crippen molar-refractivity contribution in [1.82, 2.24) is 0 Å². The van der Waals surface area contributed by atoms with Crippen LogP contribution in [-0.2, 0) is 14.3 Å². The molecule has 2 rings (SSSR count). The third-order valence-electron chi connectivity index (χ3n) is 4.15. The van der Waals surface area contributed by atoms with E-state index in [9.17, 15) is 9.59 Å². The number of allylic oxidation sites excluding steroid dienone is 4. The second-order valence-electron chi connectivity index (χ2n) is 5.57. The summed E-state index contributed by atoms with van der Waals surface area (Å²) in [6.07, 6.45) is 13.0. The lowest BCUT2D eigenvalue weighted by atomic mass is 9.86. The van der Waals surface area contributed by atoms with Crippen LogP contribution < -0.4 is 0 Å². The van der Waals surface area contributed by atoms with Crippen molar-refractivity contribution in [2.45, 2.75) is 51.6 Å². The number of aldehydes is 1. The molecule has 1 fully saturated rings. The molecule has 2 unspecified atom stereocenters. The molecule has 0 N–H and O–H groups in total. The molecule has 2 aliphatic carbocycles. The average molecular weight is 262 g/mol. The Kier molecular flexibility index (Phi) is 4.94. The topological polar surface area (TPSA) is 43.4 Å². The van der Waals surface area contributed by atoms with E-state index >= 15 is 0 Å². The second kappa shape index (κ2) is 6.69. The first-order valence-electron chi connectivity index (χ1n) is 7.24. The highest BCUT2D eigenvalue weighted by Gasteiger charge is 2.27. The van der Waals surface area contributed by atoms with E-state index in [1.54, 1.807) is 6.08 Å². The van der Waals surface area contributed by atoms with Crippen LogP contribution in [0.4, 0.5) is 0 Å². The molecular weight excluding hydrogens is 240 g/mol. The summed E-state index contributed by atoms with van der Waals surface area (Å²) < 4.78 is 5.60. The normalized spacial score (nSPS) is 25.5. The quantitative estimate of drug-likeness (QED) is 0.577. The first-order valence-corrected chi connectivity index (χ1v) is 7.24. The zero-order valence-electron chi connectivity index (χ0n) is 11.5. The molecule has 0 aromatic heterocycles. The molecule has 0 saturated heterocycles. The maximum Gasteiger partial charge on any atom is 0.309 e. The van der Waals surface area contributed by atoms with Crippen LogP contribution in [0.5, 0.6) is 0 Å². The maximum atomic E-state index is 12.1. The number of esters is 1. The van der Waals surface area contributed by atoms with Gasteiger partial charge in [-0.3, -0.25) is 9.59 Å². The van der Waals surface area contributed by atoms with E-state index in [4.69, 9.17) is 4.74 Å². The number of carbonyl (C=O) groups is 2. The van der Waals surface area contributed by atoms with Crippen LogP contribution in [0.25, 0.3) is 0 Å². The molecule has 0 aliphatic heterocycles. The average Bonchev–Trinajstić information content (AvgIpc) is 2.47. The summed E-state index contributed by atoms with van der Waals surface area (Å²) in [6, 6.07) is 0. The highest BCUT2D eigenvalue weighted by Crippen LogP contribution is 2.27. The highest BCUT2D eigenvalue weighted by molar-refractivity contribution is 5.78. The summed E-state index contributed by atoms with van der Waals surface area (Å²) in [6.45, 7) is 1.92. The first kappa shape index (κ1) is 14.0. The number of carbonyl (C=O) groups excluding carboxylic acids is 2. The van der Waals surface area contributed by atoms with E-state index in [0.717, 1.165) is 25.5 Å². The Morgan fingerprint density at radius 3 is 2.68 bits per heavy atom. The van der Waals surface area contributed by atoms with Crippen LogP contribution >= 0.6 is 0 Å². The smallest absolute Gasteiger partial charge is 0.309 e. The van der Waals surface area contributed by atoms with E-state index in [1.165, 1.54) is 19.3 Å². The van der Waals surface area contributed by atoms with Gasteiger partial charge in [0.15, 0.2) is 0 Å². The number of hydrogen-bond acceptors (Lipinski definition) is 3. The van der Waals surface area contributed by atoms with E-state index in [2.05, 4.69) is 0 Å². The van der Waals surface area contributed by atoms with Crippen molar-refractivity contribution in [3.05, 3.63) is 23.8 Å². The summed E-state index contributed by atoms with van der Waals surface area (Å²) in [7, 11) is 0. The van der Waals surface area contributed by atoms with E-state index < -0.39 is 0 Å². The zero-order chi connectivity index (χ0) is 13.7. The largest absolute Gasteiger partial charge is 0.462 e. The van der Waals surface area contributed by atoms with Gasteiger partial charge < -0.3 is 4.74 Å². The van der Waals surface area contributed by atoms with E-state index in [0.29, 0.717) is 5.57 Å². The molecule has 0 radical (unpaired) electrons. The molecule has 0 heterocycles. The molecule has 0 spiro atoms. The van der Waals surface area contributed by atoms with Crippen molar-refractivity contribution >= 4 is 12.3 Å². The third-order valence-corrected chi connectivity index (χ3v) is 4.15. The molecule has 0 bridgehead atoms. The summed E-state index contributed by atoms with van der Waals surface area (Å²) in [5.41, 5.74) is 0.698. The van der Waals surface area contributed by atoms with Gasteiger partial charge in [-0.25, -0.2) is 0 Å². The van der Waals surface area contributed by atoms with Gasteiger partial charge in [0.1, 0.15) is 12.4 Å². The molecule has 2 aliphatic rings. The van der Waals surface area contributed by atoms with Crippen molar-refractivity contribution < 1.29 is 14.3 Å². The second-order valence-corrected chi connectivity index (χ2v) is 5.57. The molecule has 104 valence electrons. The summed E-state index contributed by atoms with van der Waals surface area (Å²) >= 11 is 0. The lowest BCUT2D eigenvalue weighted by Gasteiger charge is -2.26. The number of hydrogen-bond donors (Lipinski definition) is 0. The van der Waals surface area contributed by atoms with Crippen LogP contribution in [0.2, 0.25) is 0 Å². The summed E-state index contributed by atoms with van der Waals surface area (Å²) in [5, 5.41) is 0. The van der Waals surface area contributed by atoms with Crippen molar-refractivity contribution in [3.8, 4) is 0 Å². The SMILES string of the molecule is CC(C(=O)OC1CCCCC1)C1C=CC(C=O)=CC1.